The maximum atomic E-state index is 11.5. The number of aryl methyl sites for hydroxylation is 1. The van der Waals surface area contributed by atoms with E-state index in [0.29, 0.717) is 0 Å². The fourth-order valence-electron chi connectivity index (χ4n) is 2.32. The first-order chi connectivity index (χ1) is 7.66. The Morgan fingerprint density at radius 3 is 3.00 bits per heavy atom. The lowest BCUT2D eigenvalue weighted by Gasteiger charge is -2.33. The summed E-state index contributed by atoms with van der Waals surface area (Å²) in [5.74, 6) is 0.267. The molecule has 2 heterocycles. The number of hydrogen-bond acceptors (Lipinski definition) is 4. The number of Topliss-reactive ketones (excluding diaryl/α,β-unsaturated/α-hetero) is 1. The zero-order valence-corrected chi connectivity index (χ0v) is 9.89. The molecular formula is C11H18N4O. The van der Waals surface area contributed by atoms with Crippen molar-refractivity contribution in [2.45, 2.75) is 38.8 Å². The average Bonchev–Trinajstić information content (AvgIpc) is 2.64. The van der Waals surface area contributed by atoms with Crippen molar-refractivity contribution in [2.75, 3.05) is 6.54 Å². The Morgan fingerprint density at radius 1 is 1.56 bits per heavy atom. The minimum Gasteiger partial charge on any atom is -0.298 e. The van der Waals surface area contributed by atoms with Crippen LogP contribution in [-0.4, -0.2) is 38.3 Å². The highest BCUT2D eigenvalue weighted by molar-refractivity contribution is 5.81. The molecule has 1 aliphatic rings. The summed E-state index contributed by atoms with van der Waals surface area (Å²) in [5.41, 5.74) is 0.940. The van der Waals surface area contributed by atoms with Gasteiger partial charge in [-0.3, -0.25) is 14.4 Å². The van der Waals surface area contributed by atoms with Crippen molar-refractivity contribution in [3.8, 4) is 0 Å². The van der Waals surface area contributed by atoms with Crippen LogP contribution in [0.5, 0.6) is 0 Å². The van der Waals surface area contributed by atoms with E-state index in [-0.39, 0.29) is 11.8 Å². The molecule has 1 fully saturated rings. The van der Waals surface area contributed by atoms with Crippen LogP contribution in [0.4, 0.5) is 0 Å². The number of aromatic nitrogens is 3. The second-order valence-corrected chi connectivity index (χ2v) is 4.48. The predicted molar refractivity (Wildman–Crippen MR) is 59.7 cm³/mol. The second kappa shape index (κ2) is 4.74. The molecule has 88 valence electrons. The lowest BCUT2D eigenvalue weighted by molar-refractivity contribution is -0.123. The van der Waals surface area contributed by atoms with Gasteiger partial charge in [0.15, 0.2) is 0 Å². The van der Waals surface area contributed by atoms with Crippen LogP contribution in [0.15, 0.2) is 6.20 Å². The van der Waals surface area contributed by atoms with Crippen LogP contribution in [0, 0.1) is 0 Å². The number of piperidine rings is 1. The molecule has 0 amide bonds. The van der Waals surface area contributed by atoms with Crippen molar-refractivity contribution in [1.29, 1.82) is 0 Å². The van der Waals surface area contributed by atoms with E-state index in [1.54, 1.807) is 11.6 Å². The molecule has 5 heteroatoms. The fraction of sp³-hybridized carbons (Fsp3) is 0.727. The molecule has 0 aliphatic carbocycles. The van der Waals surface area contributed by atoms with Crippen LogP contribution in [0.25, 0.3) is 0 Å². The van der Waals surface area contributed by atoms with Gasteiger partial charge < -0.3 is 0 Å². The van der Waals surface area contributed by atoms with Crippen molar-refractivity contribution >= 4 is 5.78 Å². The third-order valence-corrected chi connectivity index (χ3v) is 3.10. The minimum absolute atomic E-state index is 0.0794. The van der Waals surface area contributed by atoms with Gasteiger partial charge in [-0.2, -0.15) is 0 Å². The monoisotopic (exact) mass is 222 g/mol. The molecule has 1 aromatic rings. The van der Waals surface area contributed by atoms with Crippen LogP contribution < -0.4 is 0 Å². The van der Waals surface area contributed by atoms with Crippen LogP contribution in [-0.2, 0) is 18.4 Å². The van der Waals surface area contributed by atoms with Gasteiger partial charge in [0.25, 0.3) is 0 Å². The fourth-order valence-corrected chi connectivity index (χ4v) is 2.32. The van der Waals surface area contributed by atoms with Gasteiger partial charge in [0.1, 0.15) is 5.78 Å². The van der Waals surface area contributed by atoms with Gasteiger partial charge in [0, 0.05) is 19.8 Å². The van der Waals surface area contributed by atoms with E-state index >= 15 is 0 Å². The first kappa shape index (κ1) is 11.3. The average molecular weight is 222 g/mol. The number of hydrogen-bond donors (Lipinski definition) is 0. The molecule has 0 aromatic carbocycles. The highest BCUT2D eigenvalue weighted by Gasteiger charge is 2.26. The van der Waals surface area contributed by atoms with Gasteiger partial charge in [-0.25, -0.2) is 0 Å². The molecule has 0 spiro atoms. The molecule has 0 bridgehead atoms. The van der Waals surface area contributed by atoms with Gasteiger partial charge in [0.05, 0.1) is 11.7 Å². The van der Waals surface area contributed by atoms with Crippen LogP contribution in [0.2, 0.25) is 0 Å². The smallest absolute Gasteiger partial charge is 0.146 e. The van der Waals surface area contributed by atoms with Crippen molar-refractivity contribution < 1.29 is 4.79 Å². The van der Waals surface area contributed by atoms with E-state index in [2.05, 4.69) is 15.2 Å². The van der Waals surface area contributed by atoms with Crippen molar-refractivity contribution in [3.63, 3.8) is 0 Å². The second-order valence-electron chi connectivity index (χ2n) is 4.48. The van der Waals surface area contributed by atoms with Crippen LogP contribution in [0.1, 0.15) is 31.9 Å². The SMILES string of the molecule is CC(=O)C1CCCCN1Cc1cn(C)nn1. The standard InChI is InChI=1S/C11H18N4O/c1-9(16)11-5-3-4-6-15(11)8-10-7-14(2)13-12-10/h7,11H,3-6,8H2,1-2H3. The van der Waals surface area contributed by atoms with Crippen LogP contribution >= 0.6 is 0 Å². The molecule has 16 heavy (non-hydrogen) atoms. The quantitative estimate of drug-likeness (QED) is 0.757. The largest absolute Gasteiger partial charge is 0.298 e. The minimum atomic E-state index is 0.0794. The van der Waals surface area contributed by atoms with E-state index in [9.17, 15) is 4.79 Å². The number of carbonyl (C=O) groups is 1. The Morgan fingerprint density at radius 2 is 2.38 bits per heavy atom. The summed E-state index contributed by atoms with van der Waals surface area (Å²) >= 11 is 0. The third kappa shape index (κ3) is 2.47. The van der Waals surface area contributed by atoms with Gasteiger partial charge in [-0.1, -0.05) is 11.6 Å². The number of nitrogens with zero attached hydrogens (tertiary/aromatic N) is 4. The summed E-state index contributed by atoms with van der Waals surface area (Å²) in [4.78, 5) is 13.7. The Labute approximate surface area is 95.4 Å². The summed E-state index contributed by atoms with van der Waals surface area (Å²) in [6.07, 6.45) is 5.21. The molecule has 1 atom stereocenters. The topological polar surface area (TPSA) is 51.0 Å². The number of carbonyl (C=O) groups excluding carboxylic acids is 1. The maximum Gasteiger partial charge on any atom is 0.146 e. The van der Waals surface area contributed by atoms with Gasteiger partial charge in [-0.15, -0.1) is 5.10 Å². The van der Waals surface area contributed by atoms with Crippen molar-refractivity contribution in [1.82, 2.24) is 19.9 Å². The molecule has 1 unspecified atom stereocenters. The Kier molecular flexibility index (Phi) is 3.33. The lowest BCUT2D eigenvalue weighted by Crippen LogP contribution is -2.43. The van der Waals surface area contributed by atoms with E-state index in [1.165, 1.54) is 6.42 Å². The number of ketones is 1. The normalized spacial score (nSPS) is 22.2. The highest BCUT2D eigenvalue weighted by atomic mass is 16.1. The summed E-state index contributed by atoms with van der Waals surface area (Å²) in [7, 11) is 1.86. The zero-order chi connectivity index (χ0) is 11.5. The third-order valence-electron chi connectivity index (χ3n) is 3.10. The van der Waals surface area contributed by atoms with Crippen molar-refractivity contribution in [2.24, 2.45) is 7.05 Å². The van der Waals surface area contributed by atoms with E-state index in [4.69, 9.17) is 0 Å². The number of likely N-dealkylation sites (tertiary alicyclic amines) is 1. The first-order valence-corrected chi connectivity index (χ1v) is 5.76. The molecule has 1 saturated heterocycles. The molecule has 0 radical (unpaired) electrons. The summed E-state index contributed by atoms with van der Waals surface area (Å²) in [6, 6.07) is 0.0794. The molecular weight excluding hydrogens is 204 g/mol. The predicted octanol–water partition coefficient (Wildman–Crippen LogP) is 0.759. The Bertz CT molecular complexity index is 374. The van der Waals surface area contributed by atoms with Gasteiger partial charge in [-0.05, 0) is 26.3 Å². The lowest BCUT2D eigenvalue weighted by atomic mass is 9.99. The molecule has 1 aliphatic heterocycles. The zero-order valence-electron chi connectivity index (χ0n) is 9.89. The van der Waals surface area contributed by atoms with Crippen molar-refractivity contribution in [3.05, 3.63) is 11.9 Å². The Balaban J connectivity index is 2.03. The number of rotatable bonds is 3. The Hall–Kier alpha value is -1.23. The summed E-state index contributed by atoms with van der Waals surface area (Å²) in [5, 5.41) is 7.97. The summed E-state index contributed by atoms with van der Waals surface area (Å²) < 4.78 is 1.70. The summed E-state index contributed by atoms with van der Waals surface area (Å²) in [6.45, 7) is 3.40. The van der Waals surface area contributed by atoms with Gasteiger partial charge in [0.2, 0.25) is 0 Å². The van der Waals surface area contributed by atoms with Crippen LogP contribution in [0.3, 0.4) is 0 Å². The molecule has 0 saturated carbocycles. The molecule has 5 nitrogen and oxygen atoms in total. The van der Waals surface area contributed by atoms with E-state index < -0.39 is 0 Å². The maximum absolute atomic E-state index is 11.5. The van der Waals surface area contributed by atoms with E-state index in [1.807, 2.05) is 13.2 Å². The molecule has 1 aromatic heterocycles. The highest BCUT2D eigenvalue weighted by Crippen LogP contribution is 2.19. The van der Waals surface area contributed by atoms with Gasteiger partial charge >= 0.3 is 0 Å². The first-order valence-electron chi connectivity index (χ1n) is 5.76. The molecule has 2 rings (SSSR count). The molecule has 0 N–H and O–H groups in total. The van der Waals surface area contributed by atoms with E-state index in [0.717, 1.165) is 31.6 Å².